The molecular weight excluding hydrogens is 338 g/mol. The SMILES string of the molecule is CC(C)c1ccccc1NC(=O)C1CN(C(=O)c2ccc([N+](=O)[O-])o2)C1. The summed E-state index contributed by atoms with van der Waals surface area (Å²) in [6, 6.07) is 10.0. The number of amides is 2. The van der Waals surface area contributed by atoms with E-state index in [0.717, 1.165) is 17.3 Å². The molecule has 0 unspecified atom stereocenters. The van der Waals surface area contributed by atoms with E-state index >= 15 is 0 Å². The number of likely N-dealkylation sites (tertiary alicyclic amines) is 1. The van der Waals surface area contributed by atoms with Gasteiger partial charge in [0.25, 0.3) is 5.91 Å². The predicted octanol–water partition coefficient (Wildman–Crippen LogP) is 3.02. The van der Waals surface area contributed by atoms with Crippen LogP contribution >= 0.6 is 0 Å². The number of nitrogens with one attached hydrogen (secondary N) is 1. The van der Waals surface area contributed by atoms with Crippen molar-refractivity contribution in [1.82, 2.24) is 4.90 Å². The van der Waals surface area contributed by atoms with Crippen molar-refractivity contribution in [2.75, 3.05) is 18.4 Å². The first kappa shape index (κ1) is 17.7. The fourth-order valence-corrected chi connectivity index (χ4v) is 2.86. The van der Waals surface area contributed by atoms with Gasteiger partial charge in [0.2, 0.25) is 5.91 Å². The average molecular weight is 357 g/mol. The van der Waals surface area contributed by atoms with E-state index in [9.17, 15) is 19.7 Å². The Balaban J connectivity index is 1.58. The van der Waals surface area contributed by atoms with Crippen LogP contribution in [0, 0.1) is 16.0 Å². The van der Waals surface area contributed by atoms with Crippen molar-refractivity contribution < 1.29 is 18.9 Å². The highest BCUT2D eigenvalue weighted by atomic mass is 16.6. The number of nitrogens with zero attached hydrogens (tertiary/aromatic N) is 2. The second-order valence-corrected chi connectivity index (χ2v) is 6.53. The molecule has 0 spiro atoms. The summed E-state index contributed by atoms with van der Waals surface area (Å²) in [4.78, 5) is 36.0. The van der Waals surface area contributed by atoms with Gasteiger partial charge in [-0.3, -0.25) is 19.7 Å². The van der Waals surface area contributed by atoms with Gasteiger partial charge in [-0.05, 0) is 23.6 Å². The van der Waals surface area contributed by atoms with E-state index in [-0.39, 0.29) is 36.6 Å². The van der Waals surface area contributed by atoms with E-state index in [0.29, 0.717) is 0 Å². The Kier molecular flexibility index (Phi) is 4.75. The molecule has 0 saturated carbocycles. The number of hydrogen-bond donors (Lipinski definition) is 1. The number of nitro groups is 1. The minimum atomic E-state index is -0.699. The lowest BCUT2D eigenvalue weighted by molar-refractivity contribution is -0.402. The molecule has 8 heteroatoms. The third kappa shape index (κ3) is 3.44. The van der Waals surface area contributed by atoms with Crippen molar-refractivity contribution in [2.24, 2.45) is 5.92 Å². The van der Waals surface area contributed by atoms with Crippen molar-refractivity contribution in [2.45, 2.75) is 19.8 Å². The van der Waals surface area contributed by atoms with Crippen LogP contribution in [0.4, 0.5) is 11.6 Å². The molecule has 2 amide bonds. The number of furan rings is 1. The molecule has 1 fully saturated rings. The van der Waals surface area contributed by atoms with Gasteiger partial charge in [-0.1, -0.05) is 32.0 Å². The zero-order valence-corrected chi connectivity index (χ0v) is 14.5. The lowest BCUT2D eigenvalue weighted by Gasteiger charge is -2.37. The highest BCUT2D eigenvalue weighted by molar-refractivity contribution is 5.97. The van der Waals surface area contributed by atoms with Crippen LogP contribution in [0.3, 0.4) is 0 Å². The number of anilines is 1. The van der Waals surface area contributed by atoms with Crippen LogP contribution in [-0.4, -0.2) is 34.7 Å². The molecule has 1 N–H and O–H groups in total. The molecule has 8 nitrogen and oxygen atoms in total. The number of rotatable bonds is 5. The lowest BCUT2D eigenvalue weighted by Crippen LogP contribution is -2.54. The van der Waals surface area contributed by atoms with Gasteiger partial charge < -0.3 is 14.6 Å². The summed E-state index contributed by atoms with van der Waals surface area (Å²) in [6.45, 7) is 4.61. The topological polar surface area (TPSA) is 106 Å². The molecule has 0 radical (unpaired) electrons. The molecule has 3 rings (SSSR count). The minimum absolute atomic E-state index is 0.0966. The van der Waals surface area contributed by atoms with E-state index in [2.05, 4.69) is 19.2 Å². The molecule has 0 aliphatic carbocycles. The summed E-state index contributed by atoms with van der Waals surface area (Å²) in [7, 11) is 0. The van der Waals surface area contributed by atoms with E-state index in [1.807, 2.05) is 24.3 Å². The van der Waals surface area contributed by atoms with Gasteiger partial charge >= 0.3 is 5.88 Å². The summed E-state index contributed by atoms with van der Waals surface area (Å²) in [5, 5.41) is 13.5. The van der Waals surface area contributed by atoms with Crippen LogP contribution < -0.4 is 5.32 Å². The fraction of sp³-hybridized carbons (Fsp3) is 0.333. The van der Waals surface area contributed by atoms with E-state index < -0.39 is 16.7 Å². The van der Waals surface area contributed by atoms with Crippen LogP contribution in [-0.2, 0) is 4.79 Å². The number of carbonyl (C=O) groups is 2. The summed E-state index contributed by atoms with van der Waals surface area (Å²) in [5.41, 5.74) is 1.83. The monoisotopic (exact) mass is 357 g/mol. The number of para-hydroxylation sites is 1. The third-order valence-electron chi connectivity index (χ3n) is 4.36. The Hall–Kier alpha value is -3.16. The van der Waals surface area contributed by atoms with Gasteiger partial charge in [0.15, 0.2) is 5.76 Å². The summed E-state index contributed by atoms with van der Waals surface area (Å²) < 4.78 is 4.91. The second-order valence-electron chi connectivity index (χ2n) is 6.53. The number of carbonyl (C=O) groups excluding carboxylic acids is 2. The van der Waals surface area contributed by atoms with E-state index in [1.54, 1.807) is 0 Å². The normalized spacial score (nSPS) is 14.2. The highest BCUT2D eigenvalue weighted by Crippen LogP contribution is 2.26. The fourth-order valence-electron chi connectivity index (χ4n) is 2.86. The Morgan fingerprint density at radius 3 is 2.54 bits per heavy atom. The second kappa shape index (κ2) is 6.99. The molecule has 2 aromatic rings. The van der Waals surface area contributed by atoms with Crippen LogP contribution in [0.1, 0.15) is 35.9 Å². The van der Waals surface area contributed by atoms with Gasteiger partial charge in [-0.15, -0.1) is 0 Å². The van der Waals surface area contributed by atoms with Crippen LogP contribution in [0.5, 0.6) is 0 Å². The van der Waals surface area contributed by atoms with Crippen LogP contribution in [0.15, 0.2) is 40.8 Å². The molecule has 1 aliphatic heterocycles. The minimum Gasteiger partial charge on any atom is -0.395 e. The zero-order chi connectivity index (χ0) is 18.8. The third-order valence-corrected chi connectivity index (χ3v) is 4.36. The quantitative estimate of drug-likeness (QED) is 0.654. The smallest absolute Gasteiger partial charge is 0.395 e. The first-order chi connectivity index (χ1) is 12.4. The van der Waals surface area contributed by atoms with Gasteiger partial charge in [0, 0.05) is 18.8 Å². The molecule has 1 aromatic carbocycles. The standard InChI is InChI=1S/C18H19N3O5/c1-11(2)13-5-3-4-6-14(13)19-17(22)12-9-20(10-12)18(23)15-7-8-16(26-15)21(24)25/h3-8,11-12H,9-10H2,1-2H3,(H,19,22). The maximum absolute atomic E-state index is 12.4. The summed E-state index contributed by atoms with van der Waals surface area (Å²) >= 11 is 0. The summed E-state index contributed by atoms with van der Waals surface area (Å²) in [5.74, 6) is -1.21. The Labute approximate surface area is 149 Å². The van der Waals surface area contributed by atoms with E-state index in [4.69, 9.17) is 4.42 Å². The van der Waals surface area contributed by atoms with Gasteiger partial charge in [0.05, 0.1) is 12.0 Å². The Morgan fingerprint density at radius 2 is 1.92 bits per heavy atom. The van der Waals surface area contributed by atoms with Crippen LogP contribution in [0.25, 0.3) is 0 Å². The predicted molar refractivity (Wildman–Crippen MR) is 93.9 cm³/mol. The molecule has 2 heterocycles. The van der Waals surface area contributed by atoms with Crippen molar-refractivity contribution in [3.8, 4) is 0 Å². The molecule has 1 saturated heterocycles. The molecule has 1 aromatic heterocycles. The van der Waals surface area contributed by atoms with Crippen molar-refractivity contribution in [1.29, 1.82) is 0 Å². The Morgan fingerprint density at radius 1 is 1.23 bits per heavy atom. The molecule has 0 atom stereocenters. The van der Waals surface area contributed by atoms with Crippen molar-refractivity contribution in [3.05, 3.63) is 57.8 Å². The lowest BCUT2D eigenvalue weighted by atomic mass is 9.97. The molecule has 136 valence electrons. The largest absolute Gasteiger partial charge is 0.433 e. The van der Waals surface area contributed by atoms with Crippen molar-refractivity contribution >= 4 is 23.4 Å². The first-order valence-corrected chi connectivity index (χ1v) is 8.30. The van der Waals surface area contributed by atoms with Crippen LogP contribution in [0.2, 0.25) is 0 Å². The Bertz CT molecular complexity index is 852. The van der Waals surface area contributed by atoms with Crippen molar-refractivity contribution in [3.63, 3.8) is 0 Å². The molecule has 1 aliphatic rings. The van der Waals surface area contributed by atoms with Gasteiger partial charge in [0.1, 0.15) is 4.92 Å². The van der Waals surface area contributed by atoms with Gasteiger partial charge in [-0.2, -0.15) is 0 Å². The summed E-state index contributed by atoms with van der Waals surface area (Å²) in [6.07, 6.45) is 0. The number of hydrogen-bond acceptors (Lipinski definition) is 5. The molecule has 26 heavy (non-hydrogen) atoms. The highest BCUT2D eigenvalue weighted by Gasteiger charge is 2.37. The zero-order valence-electron chi connectivity index (χ0n) is 14.5. The number of benzene rings is 1. The first-order valence-electron chi connectivity index (χ1n) is 8.30. The maximum Gasteiger partial charge on any atom is 0.433 e. The molecule has 0 bridgehead atoms. The average Bonchev–Trinajstić information content (AvgIpc) is 3.04. The van der Waals surface area contributed by atoms with Gasteiger partial charge in [-0.25, -0.2) is 0 Å². The maximum atomic E-state index is 12.4. The van der Waals surface area contributed by atoms with E-state index in [1.165, 1.54) is 11.0 Å². The molecular formula is C18H19N3O5.